The predicted molar refractivity (Wildman–Crippen MR) is 111 cm³/mol. The number of hydrogen-bond acceptors (Lipinski definition) is 3. The number of anilines is 1. The monoisotopic (exact) mass is 384 g/mol. The molecule has 0 spiro atoms. The number of amides is 2. The third kappa shape index (κ3) is 4.08. The molecule has 1 aromatic carbocycles. The second-order valence-electron chi connectivity index (χ2n) is 8.34. The SMILES string of the molecule is Cc1ccccc1C1CCCN1C(=O)c1sc(NC(=O)C(C)(C)C)cc1C. The molecule has 0 saturated carbocycles. The van der Waals surface area contributed by atoms with Crippen LogP contribution in [-0.4, -0.2) is 23.3 Å². The van der Waals surface area contributed by atoms with Gasteiger partial charge in [0.15, 0.2) is 0 Å². The maximum atomic E-state index is 13.3. The Morgan fingerprint density at radius 2 is 1.85 bits per heavy atom. The minimum atomic E-state index is -0.465. The number of carbonyl (C=O) groups is 2. The summed E-state index contributed by atoms with van der Waals surface area (Å²) in [4.78, 5) is 28.3. The summed E-state index contributed by atoms with van der Waals surface area (Å²) in [5.74, 6) is 0.0289. The minimum absolute atomic E-state index is 0.0401. The van der Waals surface area contributed by atoms with Gasteiger partial charge in [0.25, 0.3) is 5.91 Å². The molecular formula is C22H28N2O2S. The lowest BCUT2D eigenvalue weighted by Crippen LogP contribution is -2.30. The maximum Gasteiger partial charge on any atom is 0.264 e. The lowest BCUT2D eigenvalue weighted by Gasteiger charge is -2.26. The third-order valence-corrected chi connectivity index (χ3v) is 6.23. The van der Waals surface area contributed by atoms with Gasteiger partial charge in [-0.3, -0.25) is 9.59 Å². The summed E-state index contributed by atoms with van der Waals surface area (Å²) < 4.78 is 0. The molecule has 0 radical (unpaired) electrons. The molecule has 1 unspecified atom stereocenters. The van der Waals surface area contributed by atoms with E-state index in [4.69, 9.17) is 0 Å². The van der Waals surface area contributed by atoms with Crippen molar-refractivity contribution >= 4 is 28.2 Å². The largest absolute Gasteiger partial charge is 0.331 e. The van der Waals surface area contributed by atoms with Gasteiger partial charge in [-0.05, 0) is 49.4 Å². The highest BCUT2D eigenvalue weighted by Crippen LogP contribution is 2.37. The Balaban J connectivity index is 1.83. The molecule has 1 aliphatic heterocycles. The molecule has 2 aromatic rings. The van der Waals surface area contributed by atoms with Gasteiger partial charge in [0.1, 0.15) is 0 Å². The van der Waals surface area contributed by atoms with Gasteiger partial charge in [-0.25, -0.2) is 0 Å². The first-order valence-electron chi connectivity index (χ1n) is 9.47. The molecule has 1 N–H and O–H groups in total. The van der Waals surface area contributed by atoms with E-state index in [1.54, 1.807) is 0 Å². The van der Waals surface area contributed by atoms with Gasteiger partial charge in [-0.15, -0.1) is 11.3 Å². The van der Waals surface area contributed by atoms with Crippen LogP contribution >= 0.6 is 11.3 Å². The summed E-state index contributed by atoms with van der Waals surface area (Å²) in [5, 5.41) is 3.69. The van der Waals surface area contributed by atoms with Gasteiger partial charge in [0.05, 0.1) is 15.9 Å². The number of thiophene rings is 1. The number of benzene rings is 1. The summed E-state index contributed by atoms with van der Waals surface area (Å²) in [6.07, 6.45) is 2.01. The number of nitrogens with zero attached hydrogens (tertiary/aromatic N) is 1. The van der Waals surface area contributed by atoms with E-state index in [9.17, 15) is 9.59 Å². The predicted octanol–water partition coefficient (Wildman–Crippen LogP) is 5.33. The summed E-state index contributed by atoms with van der Waals surface area (Å²) in [7, 11) is 0. The van der Waals surface area contributed by atoms with Gasteiger partial charge in [0, 0.05) is 12.0 Å². The van der Waals surface area contributed by atoms with Gasteiger partial charge < -0.3 is 10.2 Å². The molecule has 144 valence electrons. The topological polar surface area (TPSA) is 49.4 Å². The van der Waals surface area contributed by atoms with Crippen molar-refractivity contribution in [2.75, 3.05) is 11.9 Å². The number of aryl methyl sites for hydroxylation is 2. The van der Waals surface area contributed by atoms with Gasteiger partial charge in [0.2, 0.25) is 5.91 Å². The third-order valence-electron chi connectivity index (χ3n) is 5.09. The zero-order valence-corrected chi connectivity index (χ0v) is 17.6. The number of rotatable bonds is 3. The van der Waals surface area contributed by atoms with Crippen LogP contribution in [0.4, 0.5) is 5.00 Å². The second kappa shape index (κ2) is 7.47. The summed E-state index contributed by atoms with van der Waals surface area (Å²) in [5.41, 5.74) is 2.92. The Morgan fingerprint density at radius 1 is 1.15 bits per heavy atom. The first kappa shape index (κ1) is 19.6. The van der Waals surface area contributed by atoms with Crippen molar-refractivity contribution in [3.63, 3.8) is 0 Å². The number of hydrogen-bond donors (Lipinski definition) is 1. The maximum absolute atomic E-state index is 13.3. The molecule has 27 heavy (non-hydrogen) atoms. The van der Waals surface area contributed by atoms with Crippen LogP contribution in [0.3, 0.4) is 0 Å². The van der Waals surface area contributed by atoms with E-state index in [1.165, 1.54) is 22.5 Å². The van der Waals surface area contributed by atoms with Crippen LogP contribution in [0.15, 0.2) is 30.3 Å². The van der Waals surface area contributed by atoms with Crippen molar-refractivity contribution in [3.05, 3.63) is 51.9 Å². The molecule has 1 atom stereocenters. The molecule has 1 fully saturated rings. The molecule has 4 nitrogen and oxygen atoms in total. The molecule has 2 heterocycles. The molecule has 0 aliphatic carbocycles. The average molecular weight is 385 g/mol. The van der Waals surface area contributed by atoms with Crippen molar-refractivity contribution in [1.82, 2.24) is 4.90 Å². The Bertz CT molecular complexity index is 863. The smallest absolute Gasteiger partial charge is 0.264 e. The molecule has 2 amide bonds. The molecule has 1 aliphatic rings. The Morgan fingerprint density at radius 3 is 2.52 bits per heavy atom. The Hall–Kier alpha value is -2.14. The standard InChI is InChI=1S/C22H28N2O2S/c1-14-9-6-7-10-16(14)17-11-8-12-24(17)20(25)19-15(2)13-18(27-19)23-21(26)22(3,4)5/h6-7,9-10,13,17H,8,11-12H2,1-5H3,(H,23,26). The lowest BCUT2D eigenvalue weighted by atomic mass is 9.96. The van der Waals surface area contributed by atoms with Crippen LogP contribution in [0.5, 0.6) is 0 Å². The molecule has 1 saturated heterocycles. The first-order valence-corrected chi connectivity index (χ1v) is 10.3. The number of likely N-dealkylation sites (tertiary alicyclic amines) is 1. The normalized spacial score (nSPS) is 17.2. The Labute approximate surface area is 165 Å². The van der Waals surface area contributed by atoms with Crippen molar-refractivity contribution in [2.45, 2.75) is 53.5 Å². The van der Waals surface area contributed by atoms with Crippen LogP contribution in [0.1, 0.15) is 66.0 Å². The van der Waals surface area contributed by atoms with Crippen molar-refractivity contribution in [2.24, 2.45) is 5.41 Å². The van der Waals surface area contributed by atoms with Crippen molar-refractivity contribution in [3.8, 4) is 0 Å². The number of carbonyl (C=O) groups excluding carboxylic acids is 2. The fourth-order valence-electron chi connectivity index (χ4n) is 3.48. The summed E-state index contributed by atoms with van der Waals surface area (Å²) in [6, 6.07) is 10.3. The molecule has 3 rings (SSSR count). The van der Waals surface area contributed by atoms with Crippen LogP contribution in [0, 0.1) is 19.3 Å². The lowest BCUT2D eigenvalue weighted by molar-refractivity contribution is -0.123. The highest BCUT2D eigenvalue weighted by atomic mass is 32.1. The second-order valence-corrected chi connectivity index (χ2v) is 9.39. The van der Waals surface area contributed by atoms with Crippen LogP contribution < -0.4 is 5.32 Å². The van der Waals surface area contributed by atoms with E-state index in [0.717, 1.165) is 34.8 Å². The molecule has 1 aromatic heterocycles. The van der Waals surface area contributed by atoms with E-state index in [2.05, 4.69) is 24.4 Å². The summed E-state index contributed by atoms with van der Waals surface area (Å²) >= 11 is 1.38. The van der Waals surface area contributed by atoms with E-state index in [1.807, 2.05) is 50.8 Å². The van der Waals surface area contributed by atoms with Crippen molar-refractivity contribution < 1.29 is 9.59 Å². The fraction of sp³-hybridized carbons (Fsp3) is 0.455. The fourth-order valence-corrected chi connectivity index (χ4v) is 4.50. The van der Waals surface area contributed by atoms with Crippen molar-refractivity contribution in [1.29, 1.82) is 0 Å². The minimum Gasteiger partial charge on any atom is -0.331 e. The number of nitrogens with one attached hydrogen (secondary N) is 1. The molecular weight excluding hydrogens is 356 g/mol. The first-order chi connectivity index (χ1) is 12.7. The van der Waals surface area contributed by atoms with Crippen LogP contribution in [0.2, 0.25) is 0 Å². The zero-order valence-electron chi connectivity index (χ0n) is 16.8. The quantitative estimate of drug-likeness (QED) is 0.778. The van der Waals surface area contributed by atoms with Gasteiger partial charge in [-0.2, -0.15) is 0 Å². The van der Waals surface area contributed by atoms with E-state index >= 15 is 0 Å². The van der Waals surface area contributed by atoms with E-state index in [-0.39, 0.29) is 17.9 Å². The summed E-state index contributed by atoms with van der Waals surface area (Å²) in [6.45, 7) is 10.5. The van der Waals surface area contributed by atoms with Crippen LogP contribution in [-0.2, 0) is 4.79 Å². The highest BCUT2D eigenvalue weighted by molar-refractivity contribution is 7.18. The van der Waals surface area contributed by atoms with E-state index < -0.39 is 5.41 Å². The zero-order chi connectivity index (χ0) is 19.8. The van der Waals surface area contributed by atoms with Gasteiger partial charge in [-0.1, -0.05) is 45.0 Å². The molecule has 5 heteroatoms. The molecule has 0 bridgehead atoms. The van der Waals surface area contributed by atoms with Crippen LogP contribution in [0.25, 0.3) is 0 Å². The van der Waals surface area contributed by atoms with E-state index in [0.29, 0.717) is 0 Å². The van der Waals surface area contributed by atoms with Gasteiger partial charge >= 0.3 is 0 Å². The average Bonchev–Trinajstić information content (AvgIpc) is 3.20. The highest BCUT2D eigenvalue weighted by Gasteiger charge is 2.33. The Kier molecular flexibility index (Phi) is 5.43.